The number of rotatable bonds is 1. The van der Waals surface area contributed by atoms with E-state index in [-0.39, 0.29) is 0 Å². The summed E-state index contributed by atoms with van der Waals surface area (Å²) >= 11 is 0. The lowest BCUT2D eigenvalue weighted by molar-refractivity contribution is 0.0281. The van der Waals surface area contributed by atoms with Crippen LogP contribution in [-0.2, 0) is 5.60 Å². The van der Waals surface area contributed by atoms with Gasteiger partial charge in [0.1, 0.15) is 16.9 Å². The topological polar surface area (TPSA) is 36.6 Å². The van der Waals surface area contributed by atoms with Gasteiger partial charge in [-0.15, -0.1) is 0 Å². The van der Waals surface area contributed by atoms with Crippen molar-refractivity contribution in [3.8, 4) is 0 Å². The van der Waals surface area contributed by atoms with Crippen LogP contribution < -0.4 is 0 Å². The highest BCUT2D eigenvalue weighted by molar-refractivity contribution is 5.81. The number of para-hydroxylation sites is 1. The first-order valence-electron chi connectivity index (χ1n) is 5.99. The summed E-state index contributed by atoms with van der Waals surface area (Å²) in [6.07, 6.45) is 0.738. The largest absolute Gasteiger partial charge is 0.458 e. The zero-order chi connectivity index (χ0) is 12.0. The minimum atomic E-state index is -0.819. The summed E-state index contributed by atoms with van der Waals surface area (Å²) in [5.74, 6) is 0.700. The van der Waals surface area contributed by atoms with Crippen molar-refractivity contribution in [1.82, 2.24) is 4.90 Å². The van der Waals surface area contributed by atoms with Crippen molar-refractivity contribution in [1.29, 1.82) is 0 Å². The molecule has 1 aliphatic rings. The molecule has 3 heteroatoms. The molecule has 3 rings (SSSR count). The monoisotopic (exact) mass is 231 g/mol. The molecule has 3 nitrogen and oxygen atoms in total. The highest BCUT2D eigenvalue weighted by Gasteiger charge is 2.39. The molecule has 17 heavy (non-hydrogen) atoms. The number of hydrogen-bond donors (Lipinski definition) is 1. The lowest BCUT2D eigenvalue weighted by Gasteiger charge is -2.19. The summed E-state index contributed by atoms with van der Waals surface area (Å²) in [4.78, 5) is 2.13. The van der Waals surface area contributed by atoms with E-state index in [1.165, 1.54) is 0 Å². The lowest BCUT2D eigenvalue weighted by atomic mass is 10.00. The number of likely N-dealkylation sites (tertiary alicyclic amines) is 1. The fourth-order valence-corrected chi connectivity index (χ4v) is 2.62. The Morgan fingerprint density at radius 1 is 1.41 bits per heavy atom. The van der Waals surface area contributed by atoms with Crippen LogP contribution in [0.1, 0.15) is 17.7 Å². The maximum Gasteiger partial charge on any atom is 0.138 e. The van der Waals surface area contributed by atoms with Gasteiger partial charge in [0.15, 0.2) is 0 Å². The number of furan rings is 1. The zero-order valence-electron chi connectivity index (χ0n) is 10.2. The molecule has 1 unspecified atom stereocenters. The molecular formula is C14H17NO2. The summed E-state index contributed by atoms with van der Waals surface area (Å²) in [5, 5.41) is 11.7. The van der Waals surface area contributed by atoms with E-state index < -0.39 is 5.60 Å². The number of fused-ring (bicyclic) bond motifs is 1. The first-order valence-corrected chi connectivity index (χ1v) is 5.99. The Morgan fingerprint density at radius 2 is 2.24 bits per heavy atom. The van der Waals surface area contributed by atoms with Crippen LogP contribution in [0.3, 0.4) is 0 Å². The number of β-amino-alcohol motifs (C(OH)–C–C–N with tert-alkyl or cyclic N) is 1. The van der Waals surface area contributed by atoms with Gasteiger partial charge >= 0.3 is 0 Å². The van der Waals surface area contributed by atoms with Crippen LogP contribution >= 0.6 is 0 Å². The number of hydrogen-bond acceptors (Lipinski definition) is 3. The molecule has 0 spiro atoms. The van der Waals surface area contributed by atoms with Crippen molar-refractivity contribution in [3.05, 3.63) is 35.6 Å². The molecule has 0 saturated carbocycles. The third-order valence-corrected chi connectivity index (χ3v) is 3.64. The molecule has 1 saturated heterocycles. The first-order chi connectivity index (χ1) is 8.08. The molecule has 1 aromatic carbocycles. The Hall–Kier alpha value is -1.32. The van der Waals surface area contributed by atoms with E-state index in [0.29, 0.717) is 12.3 Å². The van der Waals surface area contributed by atoms with Gasteiger partial charge in [0.05, 0.1) is 0 Å². The van der Waals surface area contributed by atoms with Crippen LogP contribution in [0, 0.1) is 6.92 Å². The highest BCUT2D eigenvalue weighted by atomic mass is 16.4. The van der Waals surface area contributed by atoms with Gasteiger partial charge in [-0.2, -0.15) is 0 Å². The molecule has 90 valence electrons. The maximum atomic E-state index is 10.6. The fraction of sp³-hybridized carbons (Fsp3) is 0.429. The molecule has 1 aromatic heterocycles. The minimum Gasteiger partial charge on any atom is -0.458 e. The normalized spacial score (nSPS) is 25.8. The Morgan fingerprint density at radius 3 is 2.88 bits per heavy atom. The quantitative estimate of drug-likeness (QED) is 0.818. The van der Waals surface area contributed by atoms with Crippen molar-refractivity contribution in [3.63, 3.8) is 0 Å². The molecule has 0 bridgehead atoms. The van der Waals surface area contributed by atoms with Gasteiger partial charge in [0.25, 0.3) is 0 Å². The number of benzene rings is 1. The SMILES string of the molecule is Cc1cccc2cc(C3(O)CCN(C)C3)oc12. The predicted octanol–water partition coefficient (Wildman–Crippen LogP) is 2.26. The van der Waals surface area contributed by atoms with Gasteiger partial charge in [-0.25, -0.2) is 0 Å². The minimum absolute atomic E-state index is 0.645. The summed E-state index contributed by atoms with van der Waals surface area (Å²) < 4.78 is 5.86. The summed E-state index contributed by atoms with van der Waals surface area (Å²) in [7, 11) is 2.02. The van der Waals surface area contributed by atoms with Gasteiger partial charge in [0, 0.05) is 18.5 Å². The Balaban J connectivity index is 2.10. The van der Waals surface area contributed by atoms with Gasteiger partial charge in [-0.05, 0) is 32.0 Å². The van der Waals surface area contributed by atoms with E-state index in [1.807, 2.05) is 38.2 Å². The molecule has 0 amide bonds. The predicted molar refractivity (Wildman–Crippen MR) is 67.0 cm³/mol. The number of aliphatic hydroxyl groups is 1. The van der Waals surface area contributed by atoms with Gasteiger partial charge in [-0.3, -0.25) is 0 Å². The second-order valence-corrected chi connectivity index (χ2v) is 5.12. The second kappa shape index (κ2) is 3.59. The molecule has 1 fully saturated rings. The fourth-order valence-electron chi connectivity index (χ4n) is 2.62. The average Bonchev–Trinajstić information content (AvgIpc) is 2.85. The molecule has 1 N–H and O–H groups in total. The molecule has 0 aliphatic carbocycles. The molecule has 1 atom stereocenters. The van der Waals surface area contributed by atoms with Gasteiger partial charge in [-0.1, -0.05) is 18.2 Å². The van der Waals surface area contributed by atoms with Crippen LogP contribution in [0.5, 0.6) is 0 Å². The van der Waals surface area contributed by atoms with Crippen LogP contribution in [-0.4, -0.2) is 30.1 Å². The standard InChI is InChI=1S/C14H17NO2/c1-10-4-3-5-11-8-12(17-13(10)11)14(16)6-7-15(2)9-14/h3-5,8,16H,6-7,9H2,1-2H3. The summed E-state index contributed by atoms with van der Waals surface area (Å²) in [5.41, 5.74) is 1.19. The number of likely N-dealkylation sites (N-methyl/N-ethyl adjacent to an activating group) is 1. The molecule has 2 heterocycles. The number of nitrogens with zero attached hydrogens (tertiary/aromatic N) is 1. The molecule has 1 aliphatic heterocycles. The summed E-state index contributed by atoms with van der Waals surface area (Å²) in [6.45, 7) is 3.58. The van der Waals surface area contributed by atoms with Crippen molar-refractivity contribution < 1.29 is 9.52 Å². The second-order valence-electron chi connectivity index (χ2n) is 5.12. The Bertz CT molecular complexity index is 560. The van der Waals surface area contributed by atoms with Gasteiger partial charge < -0.3 is 14.4 Å². The molecular weight excluding hydrogens is 214 g/mol. The van der Waals surface area contributed by atoms with E-state index in [4.69, 9.17) is 4.42 Å². The van der Waals surface area contributed by atoms with E-state index >= 15 is 0 Å². The lowest BCUT2D eigenvalue weighted by Crippen LogP contribution is -2.28. The van der Waals surface area contributed by atoms with Crippen molar-refractivity contribution >= 4 is 11.0 Å². The van der Waals surface area contributed by atoms with Crippen LogP contribution in [0.15, 0.2) is 28.7 Å². The van der Waals surface area contributed by atoms with Crippen LogP contribution in [0.25, 0.3) is 11.0 Å². The number of aryl methyl sites for hydroxylation is 1. The zero-order valence-corrected chi connectivity index (χ0v) is 10.2. The third-order valence-electron chi connectivity index (χ3n) is 3.64. The first kappa shape index (κ1) is 10.8. The third kappa shape index (κ3) is 1.66. The highest BCUT2D eigenvalue weighted by Crippen LogP contribution is 2.35. The van der Waals surface area contributed by atoms with Crippen LogP contribution in [0.4, 0.5) is 0 Å². The Labute approximate surface area is 101 Å². The summed E-state index contributed by atoms with van der Waals surface area (Å²) in [6, 6.07) is 8.04. The average molecular weight is 231 g/mol. The van der Waals surface area contributed by atoms with E-state index in [1.54, 1.807) is 0 Å². The van der Waals surface area contributed by atoms with Crippen molar-refractivity contribution in [2.45, 2.75) is 18.9 Å². The van der Waals surface area contributed by atoms with Gasteiger partial charge in [0.2, 0.25) is 0 Å². The van der Waals surface area contributed by atoms with Crippen LogP contribution in [0.2, 0.25) is 0 Å². The Kier molecular flexibility index (Phi) is 2.28. The van der Waals surface area contributed by atoms with Crippen molar-refractivity contribution in [2.75, 3.05) is 20.1 Å². The smallest absolute Gasteiger partial charge is 0.138 e. The maximum absolute atomic E-state index is 10.6. The van der Waals surface area contributed by atoms with E-state index in [0.717, 1.165) is 29.5 Å². The van der Waals surface area contributed by atoms with Crippen molar-refractivity contribution in [2.24, 2.45) is 0 Å². The van der Waals surface area contributed by atoms with E-state index in [2.05, 4.69) is 4.90 Å². The molecule has 0 radical (unpaired) electrons. The molecule has 2 aromatic rings. The van der Waals surface area contributed by atoms with E-state index in [9.17, 15) is 5.11 Å².